The summed E-state index contributed by atoms with van der Waals surface area (Å²) in [5.74, 6) is 0.774. The van der Waals surface area contributed by atoms with Crippen molar-refractivity contribution >= 4 is 55.6 Å². The van der Waals surface area contributed by atoms with E-state index >= 15 is 0 Å². The molecule has 4 aromatic rings. The Morgan fingerprint density at radius 2 is 1.71 bits per heavy atom. The first-order valence-electron chi connectivity index (χ1n) is 10.1. The summed E-state index contributed by atoms with van der Waals surface area (Å²) in [6.07, 6.45) is 0. The van der Waals surface area contributed by atoms with Crippen LogP contribution in [0.1, 0.15) is 6.92 Å². The van der Waals surface area contributed by atoms with Crippen molar-refractivity contribution in [3.8, 4) is 16.9 Å². The van der Waals surface area contributed by atoms with Crippen LogP contribution in [0.2, 0.25) is 5.02 Å². The first kappa shape index (κ1) is 23.5. The number of carbonyl (C=O) groups excluding carboxylic acids is 1. The van der Waals surface area contributed by atoms with Gasteiger partial charge in [-0.05, 0) is 48.5 Å². The van der Waals surface area contributed by atoms with Crippen LogP contribution in [0.5, 0.6) is 5.75 Å². The van der Waals surface area contributed by atoms with Gasteiger partial charge in [-0.25, -0.2) is 18.5 Å². The van der Waals surface area contributed by atoms with E-state index in [1.165, 1.54) is 13.0 Å². The standard InChI is InChI=1S/C24H21ClN4O4S/c1-14(30)27-16-11-22-20(23(12-16)34(26,31)32)13-19(18-5-3-4-6-21(18)25)24(29-22)28-15-7-9-17(33-2)10-8-15/h3-13H,1-2H3,(H,27,30)(H,28,29)(H2,26,31,32). The number of anilines is 3. The Balaban J connectivity index is 1.99. The molecule has 10 heteroatoms. The highest BCUT2D eigenvalue weighted by atomic mass is 35.5. The van der Waals surface area contributed by atoms with Crippen molar-refractivity contribution in [2.24, 2.45) is 5.14 Å². The van der Waals surface area contributed by atoms with Crippen LogP contribution in [0.25, 0.3) is 22.0 Å². The normalized spacial score (nSPS) is 11.3. The molecule has 1 heterocycles. The van der Waals surface area contributed by atoms with Crippen LogP contribution in [0.4, 0.5) is 17.2 Å². The van der Waals surface area contributed by atoms with E-state index in [4.69, 9.17) is 26.5 Å². The van der Waals surface area contributed by atoms with Crippen LogP contribution in [0.3, 0.4) is 0 Å². The molecule has 0 unspecified atom stereocenters. The smallest absolute Gasteiger partial charge is 0.238 e. The maximum absolute atomic E-state index is 12.4. The number of nitrogens with one attached hydrogen (secondary N) is 2. The lowest BCUT2D eigenvalue weighted by molar-refractivity contribution is -0.114. The number of nitrogens with zero attached hydrogens (tertiary/aromatic N) is 1. The highest BCUT2D eigenvalue weighted by Gasteiger charge is 2.20. The third-order valence-electron chi connectivity index (χ3n) is 5.04. The van der Waals surface area contributed by atoms with Gasteiger partial charge in [0.2, 0.25) is 15.9 Å². The van der Waals surface area contributed by atoms with E-state index in [0.29, 0.717) is 38.6 Å². The number of ether oxygens (including phenoxy) is 1. The minimum atomic E-state index is -4.13. The first-order valence-corrected chi connectivity index (χ1v) is 12.0. The van der Waals surface area contributed by atoms with E-state index in [0.717, 1.165) is 5.69 Å². The second kappa shape index (κ2) is 9.30. The Hall–Kier alpha value is -3.66. The number of aromatic nitrogens is 1. The van der Waals surface area contributed by atoms with Gasteiger partial charge in [0.15, 0.2) is 0 Å². The molecule has 1 aromatic heterocycles. The van der Waals surface area contributed by atoms with Crippen molar-refractivity contribution in [1.29, 1.82) is 0 Å². The van der Waals surface area contributed by atoms with Crippen molar-refractivity contribution in [3.05, 3.63) is 71.8 Å². The van der Waals surface area contributed by atoms with E-state index in [2.05, 4.69) is 10.6 Å². The van der Waals surface area contributed by atoms with Gasteiger partial charge in [0.05, 0.1) is 17.5 Å². The molecule has 0 radical (unpaired) electrons. The predicted octanol–water partition coefficient (Wildman–Crippen LogP) is 4.91. The molecule has 0 fully saturated rings. The molecule has 4 rings (SSSR count). The number of hydrogen-bond acceptors (Lipinski definition) is 6. The van der Waals surface area contributed by atoms with Gasteiger partial charge < -0.3 is 15.4 Å². The number of fused-ring (bicyclic) bond motifs is 1. The van der Waals surface area contributed by atoms with E-state index in [1.54, 1.807) is 43.5 Å². The summed E-state index contributed by atoms with van der Waals surface area (Å²) in [6, 6.07) is 19.0. The van der Waals surface area contributed by atoms with Crippen LogP contribution in [0, 0.1) is 0 Å². The lowest BCUT2D eigenvalue weighted by Crippen LogP contribution is -2.14. The monoisotopic (exact) mass is 496 g/mol. The van der Waals surface area contributed by atoms with Gasteiger partial charge in [0, 0.05) is 39.8 Å². The van der Waals surface area contributed by atoms with Crippen LogP contribution >= 0.6 is 11.6 Å². The van der Waals surface area contributed by atoms with Gasteiger partial charge in [0.1, 0.15) is 11.6 Å². The molecular weight excluding hydrogens is 476 g/mol. The molecule has 3 aromatic carbocycles. The van der Waals surface area contributed by atoms with Crippen molar-refractivity contribution in [1.82, 2.24) is 4.98 Å². The third-order valence-corrected chi connectivity index (χ3v) is 6.32. The molecule has 34 heavy (non-hydrogen) atoms. The lowest BCUT2D eigenvalue weighted by Gasteiger charge is -2.16. The molecule has 0 aliphatic carbocycles. The molecule has 0 atom stereocenters. The largest absolute Gasteiger partial charge is 0.497 e. The SMILES string of the molecule is COc1ccc(Nc2nc3cc(NC(C)=O)cc(S(N)(=O)=O)c3cc2-c2ccccc2Cl)cc1. The Morgan fingerprint density at radius 1 is 1.00 bits per heavy atom. The fourth-order valence-corrected chi connectivity index (χ4v) is 4.54. The molecule has 0 aliphatic rings. The zero-order chi connectivity index (χ0) is 24.5. The number of halogens is 1. The Kier molecular flexibility index (Phi) is 6.43. The van der Waals surface area contributed by atoms with Crippen molar-refractivity contribution in [2.75, 3.05) is 17.7 Å². The molecule has 0 aliphatic heterocycles. The number of nitrogens with two attached hydrogens (primary N) is 1. The number of hydrogen-bond donors (Lipinski definition) is 3. The minimum absolute atomic E-state index is 0.162. The fourth-order valence-electron chi connectivity index (χ4n) is 3.55. The van der Waals surface area contributed by atoms with Crippen LogP contribution in [-0.2, 0) is 14.8 Å². The fraction of sp³-hybridized carbons (Fsp3) is 0.0833. The van der Waals surface area contributed by atoms with Gasteiger partial charge in [-0.1, -0.05) is 29.8 Å². The summed E-state index contributed by atoms with van der Waals surface area (Å²) in [5.41, 5.74) is 2.54. The Morgan fingerprint density at radius 3 is 2.32 bits per heavy atom. The second-order valence-electron chi connectivity index (χ2n) is 7.49. The maximum Gasteiger partial charge on any atom is 0.238 e. The Labute approximate surface area is 201 Å². The van der Waals surface area contributed by atoms with Crippen LogP contribution in [0.15, 0.2) is 71.6 Å². The highest BCUT2D eigenvalue weighted by molar-refractivity contribution is 7.89. The van der Waals surface area contributed by atoms with Gasteiger partial charge in [0.25, 0.3) is 0 Å². The summed E-state index contributed by atoms with van der Waals surface area (Å²) in [5, 5.41) is 12.1. The van der Waals surface area contributed by atoms with Gasteiger partial charge in [-0.15, -0.1) is 0 Å². The van der Waals surface area contributed by atoms with E-state index < -0.39 is 10.0 Å². The van der Waals surface area contributed by atoms with Crippen molar-refractivity contribution in [3.63, 3.8) is 0 Å². The van der Waals surface area contributed by atoms with Gasteiger partial charge in [-0.3, -0.25) is 4.79 Å². The molecule has 174 valence electrons. The number of pyridine rings is 1. The van der Waals surface area contributed by atoms with Gasteiger partial charge in [-0.2, -0.15) is 0 Å². The molecule has 4 N–H and O–H groups in total. The summed E-state index contributed by atoms with van der Waals surface area (Å²) in [6.45, 7) is 1.32. The third kappa shape index (κ3) is 4.96. The average Bonchev–Trinajstić information content (AvgIpc) is 2.78. The molecule has 0 bridgehead atoms. The molecule has 0 spiro atoms. The molecular formula is C24H21ClN4O4S. The molecule has 8 nitrogen and oxygen atoms in total. The van der Waals surface area contributed by atoms with Gasteiger partial charge >= 0.3 is 0 Å². The number of benzene rings is 3. The minimum Gasteiger partial charge on any atom is -0.497 e. The quantitative estimate of drug-likeness (QED) is 0.348. The topological polar surface area (TPSA) is 123 Å². The second-order valence-corrected chi connectivity index (χ2v) is 9.42. The zero-order valence-corrected chi connectivity index (χ0v) is 19.9. The number of primary sulfonamides is 1. The van der Waals surface area contributed by atoms with E-state index in [9.17, 15) is 13.2 Å². The average molecular weight is 497 g/mol. The molecule has 0 saturated heterocycles. The number of sulfonamides is 1. The van der Waals surface area contributed by atoms with E-state index in [1.807, 2.05) is 24.3 Å². The van der Waals surface area contributed by atoms with Crippen LogP contribution < -0.4 is 20.5 Å². The number of amides is 1. The highest BCUT2D eigenvalue weighted by Crippen LogP contribution is 2.38. The number of rotatable bonds is 6. The van der Waals surface area contributed by atoms with E-state index in [-0.39, 0.29) is 16.5 Å². The Bertz CT molecular complexity index is 1510. The van der Waals surface area contributed by atoms with Crippen LogP contribution in [-0.4, -0.2) is 26.4 Å². The first-order chi connectivity index (χ1) is 16.2. The summed E-state index contributed by atoms with van der Waals surface area (Å²) in [7, 11) is -2.55. The lowest BCUT2D eigenvalue weighted by atomic mass is 10.0. The molecule has 0 saturated carbocycles. The molecule has 1 amide bonds. The zero-order valence-electron chi connectivity index (χ0n) is 18.3. The summed E-state index contributed by atoms with van der Waals surface area (Å²) < 4.78 is 30.1. The number of methoxy groups -OCH3 is 1. The summed E-state index contributed by atoms with van der Waals surface area (Å²) >= 11 is 6.47. The van der Waals surface area contributed by atoms with Crippen molar-refractivity contribution < 1.29 is 17.9 Å². The van der Waals surface area contributed by atoms with Crippen molar-refractivity contribution in [2.45, 2.75) is 11.8 Å². The number of carbonyl (C=O) groups is 1. The maximum atomic E-state index is 12.4. The summed E-state index contributed by atoms with van der Waals surface area (Å²) in [4.78, 5) is 16.1. The predicted molar refractivity (Wildman–Crippen MR) is 134 cm³/mol.